The molecule has 0 bridgehead atoms. The maximum atomic E-state index is 3.46. The molecule has 0 aromatic heterocycles. The van der Waals surface area contributed by atoms with Crippen LogP contribution in [-0.4, -0.2) is 19.6 Å². The third-order valence-corrected chi connectivity index (χ3v) is 5.00. The molecular formula is C18H30N2. The fourth-order valence-corrected chi connectivity index (χ4v) is 3.22. The predicted molar refractivity (Wildman–Crippen MR) is 88.3 cm³/mol. The van der Waals surface area contributed by atoms with Crippen LogP contribution in [-0.2, 0) is 6.54 Å². The summed E-state index contributed by atoms with van der Waals surface area (Å²) in [5.41, 5.74) is 3.34. The van der Waals surface area contributed by atoms with Crippen LogP contribution in [0, 0.1) is 5.41 Å². The Morgan fingerprint density at radius 1 is 1.10 bits per heavy atom. The van der Waals surface area contributed by atoms with Crippen molar-refractivity contribution in [3.8, 4) is 0 Å². The van der Waals surface area contributed by atoms with Crippen molar-refractivity contribution in [3.63, 3.8) is 0 Å². The van der Waals surface area contributed by atoms with Crippen LogP contribution in [0.3, 0.4) is 0 Å². The molecule has 2 rings (SSSR count). The highest BCUT2D eigenvalue weighted by atomic mass is 15.2. The third kappa shape index (κ3) is 3.54. The van der Waals surface area contributed by atoms with Crippen LogP contribution in [0.4, 0.5) is 5.69 Å². The van der Waals surface area contributed by atoms with E-state index < -0.39 is 0 Å². The topological polar surface area (TPSA) is 15.3 Å². The molecule has 1 aromatic rings. The lowest BCUT2D eigenvalue weighted by Gasteiger charge is -2.27. The van der Waals surface area contributed by atoms with Crippen LogP contribution in [0.15, 0.2) is 24.3 Å². The molecule has 0 amide bonds. The lowest BCUT2D eigenvalue weighted by atomic mass is 9.82. The summed E-state index contributed by atoms with van der Waals surface area (Å²) < 4.78 is 0. The smallest absolute Gasteiger partial charge is 0.0366 e. The number of hydrogen-bond donors (Lipinski definition) is 1. The van der Waals surface area contributed by atoms with E-state index in [-0.39, 0.29) is 0 Å². The van der Waals surface area contributed by atoms with Gasteiger partial charge in [-0.1, -0.05) is 32.9 Å². The van der Waals surface area contributed by atoms with Crippen molar-refractivity contribution in [1.29, 1.82) is 0 Å². The monoisotopic (exact) mass is 274 g/mol. The highest BCUT2D eigenvalue weighted by Crippen LogP contribution is 2.38. The molecule has 1 saturated heterocycles. The van der Waals surface area contributed by atoms with Gasteiger partial charge in [0.2, 0.25) is 0 Å². The molecule has 0 saturated carbocycles. The number of rotatable bonds is 7. The summed E-state index contributed by atoms with van der Waals surface area (Å²) in [5, 5.41) is 3.46. The van der Waals surface area contributed by atoms with Crippen LogP contribution in [0.1, 0.15) is 52.0 Å². The van der Waals surface area contributed by atoms with Crippen molar-refractivity contribution in [3.05, 3.63) is 29.8 Å². The Morgan fingerprint density at radius 3 is 2.35 bits per heavy atom. The molecule has 0 spiro atoms. The molecule has 2 heteroatoms. The maximum absolute atomic E-state index is 3.46. The van der Waals surface area contributed by atoms with Gasteiger partial charge in [-0.3, -0.25) is 0 Å². The average molecular weight is 274 g/mol. The van der Waals surface area contributed by atoms with E-state index in [4.69, 9.17) is 0 Å². The van der Waals surface area contributed by atoms with Gasteiger partial charge in [-0.15, -0.1) is 0 Å². The van der Waals surface area contributed by atoms with Crippen molar-refractivity contribution in [2.24, 2.45) is 5.41 Å². The Kier molecular flexibility index (Phi) is 5.47. The zero-order valence-corrected chi connectivity index (χ0v) is 13.4. The molecule has 1 fully saturated rings. The van der Waals surface area contributed by atoms with Crippen LogP contribution in [0.5, 0.6) is 0 Å². The number of nitrogens with one attached hydrogen (secondary N) is 1. The van der Waals surface area contributed by atoms with Gasteiger partial charge in [-0.05, 0) is 55.3 Å². The first-order chi connectivity index (χ1) is 9.73. The summed E-state index contributed by atoms with van der Waals surface area (Å²) >= 11 is 0. The summed E-state index contributed by atoms with van der Waals surface area (Å²) in [4.78, 5) is 2.57. The van der Waals surface area contributed by atoms with Crippen LogP contribution >= 0.6 is 0 Å². The van der Waals surface area contributed by atoms with Gasteiger partial charge in [0.05, 0.1) is 0 Å². The third-order valence-electron chi connectivity index (χ3n) is 5.00. The second-order valence-electron chi connectivity index (χ2n) is 6.22. The lowest BCUT2D eigenvalue weighted by molar-refractivity contribution is 0.301. The molecule has 2 nitrogen and oxygen atoms in total. The van der Waals surface area contributed by atoms with E-state index in [1.54, 1.807) is 0 Å². The normalized spacial score (nSPS) is 17.6. The van der Waals surface area contributed by atoms with E-state index in [1.807, 2.05) is 0 Å². The number of hydrogen-bond acceptors (Lipinski definition) is 2. The number of anilines is 1. The van der Waals surface area contributed by atoms with E-state index in [9.17, 15) is 0 Å². The summed E-state index contributed by atoms with van der Waals surface area (Å²) in [6, 6.07) is 9.14. The largest absolute Gasteiger partial charge is 0.371 e. The van der Waals surface area contributed by atoms with E-state index in [2.05, 4.69) is 55.3 Å². The van der Waals surface area contributed by atoms with E-state index >= 15 is 0 Å². The Bertz CT molecular complexity index is 392. The summed E-state index contributed by atoms with van der Waals surface area (Å²) in [5.74, 6) is 0. The predicted octanol–water partition coefficient (Wildman–Crippen LogP) is 4.20. The van der Waals surface area contributed by atoms with Gasteiger partial charge in [0, 0.05) is 25.3 Å². The average Bonchev–Trinajstić information content (AvgIpc) is 2.93. The standard InChI is InChI=1S/C18H30N2/c1-4-12-19-14-16-7-9-17(10-8-16)20-13-11-18(5-2,6-3)15-20/h7-10,19H,4-6,11-15H2,1-3H3. The summed E-state index contributed by atoms with van der Waals surface area (Å²) in [7, 11) is 0. The molecule has 1 N–H and O–H groups in total. The molecule has 1 aromatic carbocycles. The Balaban J connectivity index is 1.94. The van der Waals surface area contributed by atoms with Crippen LogP contribution < -0.4 is 10.2 Å². The highest BCUT2D eigenvalue weighted by molar-refractivity contribution is 5.49. The maximum Gasteiger partial charge on any atom is 0.0366 e. The zero-order chi connectivity index (χ0) is 14.4. The second-order valence-corrected chi connectivity index (χ2v) is 6.22. The van der Waals surface area contributed by atoms with Crippen molar-refractivity contribution >= 4 is 5.69 Å². The molecule has 1 aliphatic rings. The Labute approximate surface area is 124 Å². The summed E-state index contributed by atoms with van der Waals surface area (Å²) in [6.45, 7) is 11.4. The molecule has 1 aliphatic heterocycles. The van der Waals surface area contributed by atoms with Gasteiger partial charge >= 0.3 is 0 Å². The summed E-state index contributed by atoms with van der Waals surface area (Å²) in [6.07, 6.45) is 5.15. The van der Waals surface area contributed by atoms with Gasteiger partial charge in [0.15, 0.2) is 0 Å². The molecule has 0 aliphatic carbocycles. The molecule has 0 radical (unpaired) electrons. The molecular weight excluding hydrogens is 244 g/mol. The minimum Gasteiger partial charge on any atom is -0.371 e. The minimum absolute atomic E-state index is 0.557. The molecule has 1 heterocycles. The van der Waals surface area contributed by atoms with Gasteiger partial charge in [-0.25, -0.2) is 0 Å². The first kappa shape index (κ1) is 15.4. The lowest BCUT2D eigenvalue weighted by Crippen LogP contribution is -2.26. The number of benzene rings is 1. The van der Waals surface area contributed by atoms with E-state index in [1.165, 1.54) is 50.0 Å². The zero-order valence-electron chi connectivity index (χ0n) is 13.4. The van der Waals surface area contributed by atoms with E-state index in [0.29, 0.717) is 5.41 Å². The fraction of sp³-hybridized carbons (Fsp3) is 0.667. The molecule has 112 valence electrons. The Morgan fingerprint density at radius 2 is 1.80 bits per heavy atom. The SMILES string of the molecule is CCCNCc1ccc(N2CCC(CC)(CC)C2)cc1. The van der Waals surface area contributed by atoms with Crippen LogP contribution in [0.2, 0.25) is 0 Å². The molecule has 0 unspecified atom stereocenters. The minimum atomic E-state index is 0.557. The van der Waals surface area contributed by atoms with Crippen molar-refractivity contribution in [2.75, 3.05) is 24.5 Å². The van der Waals surface area contributed by atoms with Gasteiger partial charge in [-0.2, -0.15) is 0 Å². The quantitative estimate of drug-likeness (QED) is 0.750. The molecule has 20 heavy (non-hydrogen) atoms. The second kappa shape index (κ2) is 7.12. The molecule has 0 atom stereocenters. The first-order valence-electron chi connectivity index (χ1n) is 8.27. The number of nitrogens with zero attached hydrogens (tertiary/aromatic N) is 1. The van der Waals surface area contributed by atoms with Gasteiger partial charge < -0.3 is 10.2 Å². The Hall–Kier alpha value is -1.02. The van der Waals surface area contributed by atoms with E-state index in [0.717, 1.165) is 13.1 Å². The van der Waals surface area contributed by atoms with Crippen LogP contribution in [0.25, 0.3) is 0 Å². The highest BCUT2D eigenvalue weighted by Gasteiger charge is 2.34. The first-order valence-corrected chi connectivity index (χ1v) is 8.27. The van der Waals surface area contributed by atoms with Crippen molar-refractivity contribution < 1.29 is 0 Å². The van der Waals surface area contributed by atoms with Gasteiger partial charge in [0.25, 0.3) is 0 Å². The fourth-order valence-electron chi connectivity index (χ4n) is 3.22. The van der Waals surface area contributed by atoms with Crippen molar-refractivity contribution in [2.45, 2.75) is 53.0 Å². The van der Waals surface area contributed by atoms with Crippen molar-refractivity contribution in [1.82, 2.24) is 5.32 Å². The van der Waals surface area contributed by atoms with Gasteiger partial charge in [0.1, 0.15) is 0 Å².